The van der Waals surface area contributed by atoms with Crippen LogP contribution >= 0.6 is 0 Å². The number of hydrogen-bond donors (Lipinski definition) is 1. The van der Waals surface area contributed by atoms with Crippen molar-refractivity contribution in [1.29, 1.82) is 0 Å². The Labute approximate surface area is 133 Å². The molecule has 0 heterocycles. The molecule has 0 fully saturated rings. The predicted octanol–water partition coefficient (Wildman–Crippen LogP) is 4.79. The summed E-state index contributed by atoms with van der Waals surface area (Å²) < 4.78 is 193. The first-order chi connectivity index (χ1) is 11.1. The Bertz CT molecular complexity index is 494. The SMILES string of the molecule is OC(F)(F)C(F)(F)C(F)(C(F)(F)F)C(F)(F)C(F)(CF)C(F)(F)CCF. The molecular weight excluding hydrogens is 421 g/mol. The molecule has 0 aromatic heterocycles. The van der Waals surface area contributed by atoms with E-state index >= 15 is 0 Å². The summed E-state index contributed by atoms with van der Waals surface area (Å²) in [5, 5.41) is 7.63. The molecule has 0 aliphatic heterocycles. The van der Waals surface area contributed by atoms with E-state index in [-0.39, 0.29) is 0 Å². The van der Waals surface area contributed by atoms with Crippen LogP contribution in [0.2, 0.25) is 0 Å². The van der Waals surface area contributed by atoms with E-state index in [1.54, 1.807) is 0 Å². The Morgan fingerprint density at radius 2 is 1.00 bits per heavy atom. The summed E-state index contributed by atoms with van der Waals surface area (Å²) in [6.45, 7) is -6.53. The number of rotatable bonds is 8. The van der Waals surface area contributed by atoms with Gasteiger partial charge in [0, 0.05) is 6.42 Å². The molecule has 0 saturated carbocycles. The predicted molar refractivity (Wildman–Crippen MR) is 52.3 cm³/mol. The Morgan fingerprint density at radius 1 is 0.615 bits per heavy atom. The average Bonchev–Trinajstić information content (AvgIpc) is 2.41. The minimum absolute atomic E-state index is 2.52. The Balaban J connectivity index is 6.98. The van der Waals surface area contributed by atoms with Crippen LogP contribution in [-0.4, -0.2) is 59.8 Å². The van der Waals surface area contributed by atoms with Gasteiger partial charge in [0.1, 0.15) is 6.67 Å². The van der Waals surface area contributed by atoms with Crippen LogP contribution in [0.1, 0.15) is 6.42 Å². The van der Waals surface area contributed by atoms with Crippen LogP contribution < -0.4 is 0 Å². The molecule has 0 amide bonds. The second-order valence-corrected chi connectivity index (χ2v) is 4.92. The molecule has 0 bridgehead atoms. The fourth-order valence-electron chi connectivity index (χ4n) is 1.76. The summed E-state index contributed by atoms with van der Waals surface area (Å²) in [5.74, 6) is -22.2. The summed E-state index contributed by atoms with van der Waals surface area (Å²) in [6.07, 6.45) is -18.1. The van der Waals surface area contributed by atoms with Gasteiger partial charge in [-0.1, -0.05) is 0 Å². The van der Waals surface area contributed by atoms with E-state index in [4.69, 9.17) is 5.11 Å². The molecular formula is C10H7F15O. The van der Waals surface area contributed by atoms with E-state index in [1.165, 1.54) is 0 Å². The van der Waals surface area contributed by atoms with Gasteiger partial charge in [0.05, 0.1) is 6.67 Å². The van der Waals surface area contributed by atoms with E-state index in [2.05, 4.69) is 0 Å². The van der Waals surface area contributed by atoms with Crippen LogP contribution in [0, 0.1) is 0 Å². The van der Waals surface area contributed by atoms with Crippen LogP contribution in [0.25, 0.3) is 0 Å². The highest BCUT2D eigenvalue weighted by Gasteiger charge is 2.95. The Kier molecular flexibility index (Phi) is 6.24. The number of hydrogen-bond acceptors (Lipinski definition) is 1. The lowest BCUT2D eigenvalue weighted by molar-refractivity contribution is -0.458. The highest BCUT2D eigenvalue weighted by Crippen LogP contribution is 2.63. The van der Waals surface area contributed by atoms with Gasteiger partial charge in [0.25, 0.3) is 11.6 Å². The molecule has 0 aliphatic rings. The van der Waals surface area contributed by atoms with Gasteiger partial charge in [0.2, 0.25) is 0 Å². The van der Waals surface area contributed by atoms with Gasteiger partial charge < -0.3 is 5.11 Å². The normalized spacial score (nSPS) is 19.8. The van der Waals surface area contributed by atoms with Crippen molar-refractivity contribution < 1.29 is 71.0 Å². The van der Waals surface area contributed by atoms with Crippen molar-refractivity contribution in [1.82, 2.24) is 0 Å². The minimum Gasteiger partial charge on any atom is -0.331 e. The molecule has 1 nitrogen and oxygen atoms in total. The smallest absolute Gasteiger partial charge is 0.331 e. The highest BCUT2D eigenvalue weighted by atomic mass is 19.4. The monoisotopic (exact) mass is 428 g/mol. The van der Waals surface area contributed by atoms with Gasteiger partial charge >= 0.3 is 29.8 Å². The number of alkyl halides is 15. The van der Waals surface area contributed by atoms with E-state index in [0.717, 1.165) is 0 Å². The molecule has 0 aliphatic carbocycles. The molecule has 0 rings (SSSR count). The van der Waals surface area contributed by atoms with Gasteiger partial charge in [-0.05, 0) is 0 Å². The lowest BCUT2D eigenvalue weighted by Crippen LogP contribution is -2.78. The zero-order valence-electron chi connectivity index (χ0n) is 11.7. The molecule has 0 aromatic carbocycles. The van der Waals surface area contributed by atoms with Crippen molar-refractivity contribution in [3.63, 3.8) is 0 Å². The van der Waals surface area contributed by atoms with Crippen molar-refractivity contribution in [2.24, 2.45) is 0 Å². The summed E-state index contributed by atoms with van der Waals surface area (Å²) in [4.78, 5) is 0. The van der Waals surface area contributed by atoms with Gasteiger partial charge in [-0.25, -0.2) is 22.0 Å². The summed E-state index contributed by atoms with van der Waals surface area (Å²) in [6, 6.07) is 0. The minimum atomic E-state index is -8.23. The van der Waals surface area contributed by atoms with Gasteiger partial charge in [-0.2, -0.15) is 39.5 Å². The lowest BCUT2D eigenvalue weighted by Gasteiger charge is -2.47. The second kappa shape index (κ2) is 6.51. The zero-order valence-corrected chi connectivity index (χ0v) is 11.7. The van der Waals surface area contributed by atoms with Crippen molar-refractivity contribution in [2.45, 2.75) is 47.8 Å². The molecule has 1 N–H and O–H groups in total. The maximum atomic E-state index is 13.8. The summed E-state index contributed by atoms with van der Waals surface area (Å²) in [5.41, 5.74) is -15.1. The largest absolute Gasteiger partial charge is 0.435 e. The van der Waals surface area contributed by atoms with E-state index in [9.17, 15) is 65.9 Å². The maximum absolute atomic E-state index is 13.8. The van der Waals surface area contributed by atoms with E-state index in [0.29, 0.717) is 0 Å². The molecule has 0 aromatic rings. The molecule has 26 heavy (non-hydrogen) atoms. The zero-order chi connectivity index (χ0) is 21.6. The van der Waals surface area contributed by atoms with Crippen LogP contribution in [0.3, 0.4) is 0 Å². The third-order valence-electron chi connectivity index (χ3n) is 3.30. The molecule has 0 spiro atoms. The molecule has 2 unspecified atom stereocenters. The summed E-state index contributed by atoms with van der Waals surface area (Å²) in [7, 11) is 0. The first-order valence-electron chi connectivity index (χ1n) is 5.92. The Morgan fingerprint density at radius 3 is 1.23 bits per heavy atom. The standard InChI is InChI=1S/C10H7F15O/c11-2-1-5(14,15)4(13,3-12)7(17,18)6(16,9(21,22)23)8(19,20)10(24,25)26/h26H,1-3H2. The average molecular weight is 428 g/mol. The van der Waals surface area contributed by atoms with Gasteiger partial charge in [0.15, 0.2) is 0 Å². The fraction of sp³-hybridized carbons (Fsp3) is 1.00. The van der Waals surface area contributed by atoms with E-state index in [1.807, 2.05) is 0 Å². The first kappa shape index (κ1) is 24.9. The van der Waals surface area contributed by atoms with Crippen molar-refractivity contribution in [2.75, 3.05) is 13.3 Å². The number of halogens is 15. The first-order valence-corrected chi connectivity index (χ1v) is 5.92. The molecule has 158 valence electrons. The number of aliphatic hydroxyl groups is 1. The van der Waals surface area contributed by atoms with Crippen molar-refractivity contribution >= 4 is 0 Å². The molecule has 16 heteroatoms. The van der Waals surface area contributed by atoms with Crippen LogP contribution in [0.5, 0.6) is 0 Å². The molecule has 0 saturated heterocycles. The van der Waals surface area contributed by atoms with Crippen molar-refractivity contribution in [3.8, 4) is 0 Å². The summed E-state index contributed by atoms with van der Waals surface area (Å²) >= 11 is 0. The third kappa shape index (κ3) is 3.06. The topological polar surface area (TPSA) is 20.2 Å². The lowest BCUT2D eigenvalue weighted by atomic mass is 9.76. The van der Waals surface area contributed by atoms with E-state index < -0.39 is 61.2 Å². The van der Waals surface area contributed by atoms with Gasteiger partial charge in [-0.3, -0.25) is 4.39 Å². The second-order valence-electron chi connectivity index (χ2n) is 4.92. The van der Waals surface area contributed by atoms with Gasteiger partial charge in [-0.15, -0.1) is 0 Å². The van der Waals surface area contributed by atoms with Crippen LogP contribution in [0.15, 0.2) is 0 Å². The quantitative estimate of drug-likeness (QED) is 0.552. The fourth-order valence-corrected chi connectivity index (χ4v) is 1.76. The van der Waals surface area contributed by atoms with Crippen LogP contribution in [-0.2, 0) is 0 Å². The molecule has 2 atom stereocenters. The van der Waals surface area contributed by atoms with Crippen molar-refractivity contribution in [3.05, 3.63) is 0 Å². The molecule has 0 radical (unpaired) electrons. The Hall–Kier alpha value is -1.09. The highest BCUT2D eigenvalue weighted by molar-refractivity contribution is 5.21. The van der Waals surface area contributed by atoms with Crippen LogP contribution in [0.4, 0.5) is 65.9 Å². The maximum Gasteiger partial charge on any atom is 0.435 e. The third-order valence-corrected chi connectivity index (χ3v) is 3.30.